The number of rotatable bonds is 5. The summed E-state index contributed by atoms with van der Waals surface area (Å²) in [4.78, 5) is 39.7. The molecule has 0 atom stereocenters. The molecule has 4 N–H and O–H groups in total. The predicted molar refractivity (Wildman–Crippen MR) is 79.0 cm³/mol. The summed E-state index contributed by atoms with van der Waals surface area (Å²) < 4.78 is 0.327. The Bertz CT molecular complexity index is 914. The summed E-state index contributed by atoms with van der Waals surface area (Å²) in [5.41, 5.74) is 5.81. The normalized spacial score (nSPS) is 10.4. The number of benzene rings is 1. The molecule has 2 rings (SSSR count). The SMILES string of the molecule is Nc1nn(-c2c([N+](=O)[O-])cc([N+](=O)[O-])cc2[N+](=O)[O-])c(N)c1[N+](=O)[O-]. The zero-order chi connectivity index (χ0) is 19.0. The average Bonchev–Trinajstić information content (AvgIpc) is 2.80. The van der Waals surface area contributed by atoms with Gasteiger partial charge in [0.25, 0.3) is 5.69 Å². The van der Waals surface area contributed by atoms with E-state index in [-0.39, 0.29) is 0 Å². The first-order chi connectivity index (χ1) is 11.6. The van der Waals surface area contributed by atoms with Gasteiger partial charge in [-0.25, -0.2) is 0 Å². The van der Waals surface area contributed by atoms with Gasteiger partial charge in [0, 0.05) is 0 Å². The third kappa shape index (κ3) is 2.69. The van der Waals surface area contributed by atoms with Crippen molar-refractivity contribution in [2.24, 2.45) is 0 Å². The van der Waals surface area contributed by atoms with Crippen molar-refractivity contribution in [2.75, 3.05) is 11.5 Å². The molecule has 0 amide bonds. The van der Waals surface area contributed by atoms with Crippen LogP contribution in [0.1, 0.15) is 0 Å². The maximum absolute atomic E-state index is 11.2. The Morgan fingerprint density at radius 1 is 0.840 bits per heavy atom. The summed E-state index contributed by atoms with van der Waals surface area (Å²) in [6.07, 6.45) is 0. The Morgan fingerprint density at radius 3 is 1.64 bits per heavy atom. The summed E-state index contributed by atoms with van der Waals surface area (Å²) in [5, 5.41) is 47.5. The van der Waals surface area contributed by atoms with Crippen molar-refractivity contribution in [1.29, 1.82) is 0 Å². The van der Waals surface area contributed by atoms with Gasteiger partial charge in [0.1, 0.15) is 0 Å². The second-order valence-corrected chi connectivity index (χ2v) is 4.39. The van der Waals surface area contributed by atoms with E-state index in [2.05, 4.69) is 5.10 Å². The van der Waals surface area contributed by atoms with Crippen LogP contribution in [0.2, 0.25) is 0 Å². The molecule has 0 spiro atoms. The molecule has 0 aliphatic carbocycles. The van der Waals surface area contributed by atoms with Crippen LogP contribution in [0.25, 0.3) is 5.69 Å². The van der Waals surface area contributed by atoms with Gasteiger partial charge >= 0.3 is 17.1 Å². The first kappa shape index (κ1) is 17.0. The van der Waals surface area contributed by atoms with E-state index in [0.717, 1.165) is 0 Å². The summed E-state index contributed by atoms with van der Waals surface area (Å²) in [7, 11) is 0. The van der Waals surface area contributed by atoms with E-state index in [1.54, 1.807) is 0 Å². The van der Waals surface area contributed by atoms with Crippen molar-refractivity contribution in [3.05, 3.63) is 52.6 Å². The van der Waals surface area contributed by atoms with Gasteiger partial charge in [-0.05, 0) is 0 Å². The summed E-state index contributed by atoms with van der Waals surface area (Å²) in [6, 6.07) is 0.872. The standard InChI is InChI=1S/C9H6N8O8/c10-8-7(17(24)25)9(11)13(12-8)6-4(15(20)21)1-3(14(18)19)2-5(6)16(22)23/h1-2H,11H2,(H2,10,12). The van der Waals surface area contributed by atoms with E-state index in [9.17, 15) is 40.5 Å². The predicted octanol–water partition coefficient (Wildman–Crippen LogP) is 0.669. The zero-order valence-corrected chi connectivity index (χ0v) is 11.8. The van der Waals surface area contributed by atoms with E-state index in [1.165, 1.54) is 0 Å². The van der Waals surface area contributed by atoms with Crippen molar-refractivity contribution < 1.29 is 19.7 Å². The molecule has 0 radical (unpaired) electrons. The third-order valence-corrected chi connectivity index (χ3v) is 2.97. The molecule has 16 nitrogen and oxygen atoms in total. The molecule has 0 saturated carbocycles. The Kier molecular flexibility index (Phi) is 3.86. The van der Waals surface area contributed by atoms with Crippen LogP contribution in [-0.2, 0) is 0 Å². The first-order valence-electron chi connectivity index (χ1n) is 5.96. The van der Waals surface area contributed by atoms with Crippen LogP contribution in [0.5, 0.6) is 0 Å². The fraction of sp³-hybridized carbons (Fsp3) is 0. The number of nitro groups is 4. The number of non-ortho nitro benzene ring substituents is 1. The van der Waals surface area contributed by atoms with E-state index in [1.807, 2.05) is 0 Å². The minimum absolute atomic E-state index is 0.327. The van der Waals surface area contributed by atoms with Gasteiger partial charge < -0.3 is 11.5 Å². The number of nitrogens with zero attached hydrogens (tertiary/aromatic N) is 6. The molecule has 1 heterocycles. The molecule has 25 heavy (non-hydrogen) atoms. The Morgan fingerprint density at radius 2 is 1.32 bits per heavy atom. The highest BCUT2D eigenvalue weighted by Crippen LogP contribution is 2.40. The van der Waals surface area contributed by atoms with Gasteiger partial charge in [0.2, 0.25) is 17.3 Å². The zero-order valence-electron chi connectivity index (χ0n) is 11.8. The average molecular weight is 354 g/mol. The quantitative estimate of drug-likeness (QED) is 0.557. The smallest absolute Gasteiger partial charge is 0.354 e. The minimum atomic E-state index is -1.15. The molecule has 0 bridgehead atoms. The number of nitrogens with two attached hydrogens (primary N) is 2. The van der Waals surface area contributed by atoms with Gasteiger partial charge in [-0.2, -0.15) is 4.68 Å². The van der Waals surface area contributed by atoms with E-state index in [4.69, 9.17) is 11.5 Å². The lowest BCUT2D eigenvalue weighted by atomic mass is 10.2. The summed E-state index contributed by atoms with van der Waals surface area (Å²) in [5.74, 6) is -1.56. The number of nitrogen functional groups attached to an aromatic ring is 2. The number of hydrogen-bond acceptors (Lipinski definition) is 11. The van der Waals surface area contributed by atoms with Crippen LogP contribution in [0.4, 0.5) is 34.4 Å². The molecule has 2 aromatic rings. The van der Waals surface area contributed by atoms with E-state index >= 15 is 0 Å². The fourth-order valence-electron chi connectivity index (χ4n) is 1.99. The van der Waals surface area contributed by atoms with Crippen LogP contribution in [0.15, 0.2) is 12.1 Å². The maximum Gasteiger partial charge on any atom is 0.354 e. The lowest BCUT2D eigenvalue weighted by molar-refractivity contribution is -0.402. The van der Waals surface area contributed by atoms with Crippen molar-refractivity contribution in [3.8, 4) is 5.69 Å². The highest BCUT2D eigenvalue weighted by Gasteiger charge is 2.36. The van der Waals surface area contributed by atoms with Gasteiger partial charge in [-0.1, -0.05) is 0 Å². The monoisotopic (exact) mass is 354 g/mol. The van der Waals surface area contributed by atoms with Gasteiger partial charge in [0.05, 0.1) is 31.8 Å². The van der Waals surface area contributed by atoms with Crippen LogP contribution in [0.3, 0.4) is 0 Å². The van der Waals surface area contributed by atoms with Crippen molar-refractivity contribution >= 4 is 34.4 Å². The highest BCUT2D eigenvalue weighted by molar-refractivity contribution is 5.76. The van der Waals surface area contributed by atoms with Crippen LogP contribution in [0, 0.1) is 40.5 Å². The third-order valence-electron chi connectivity index (χ3n) is 2.97. The van der Waals surface area contributed by atoms with Gasteiger partial charge in [0.15, 0.2) is 0 Å². The molecule has 1 aromatic heterocycles. The largest absolute Gasteiger partial charge is 0.378 e. The lowest BCUT2D eigenvalue weighted by Gasteiger charge is -2.05. The molecule has 0 unspecified atom stereocenters. The lowest BCUT2D eigenvalue weighted by Crippen LogP contribution is -2.10. The number of hydrogen-bond donors (Lipinski definition) is 2. The number of nitro benzene ring substituents is 3. The highest BCUT2D eigenvalue weighted by atomic mass is 16.6. The van der Waals surface area contributed by atoms with E-state index in [0.29, 0.717) is 16.8 Å². The fourth-order valence-corrected chi connectivity index (χ4v) is 1.99. The Labute approximate surface area is 134 Å². The molecule has 0 fully saturated rings. The molecular weight excluding hydrogens is 348 g/mol. The van der Waals surface area contributed by atoms with Gasteiger partial charge in [-0.15, -0.1) is 5.10 Å². The van der Waals surface area contributed by atoms with Crippen molar-refractivity contribution in [3.63, 3.8) is 0 Å². The molecule has 0 aliphatic rings. The van der Waals surface area contributed by atoms with Crippen molar-refractivity contribution in [1.82, 2.24) is 9.78 Å². The molecular formula is C9H6N8O8. The summed E-state index contributed by atoms with van der Waals surface area (Å²) >= 11 is 0. The summed E-state index contributed by atoms with van der Waals surface area (Å²) in [6.45, 7) is 0. The minimum Gasteiger partial charge on any atom is -0.378 e. The van der Waals surface area contributed by atoms with Crippen LogP contribution in [-0.4, -0.2) is 29.5 Å². The number of anilines is 2. The van der Waals surface area contributed by atoms with Crippen LogP contribution >= 0.6 is 0 Å². The number of aromatic nitrogens is 2. The Balaban J connectivity index is 2.97. The second kappa shape index (κ2) is 5.68. The maximum atomic E-state index is 11.2. The Hall–Kier alpha value is -4.37. The molecule has 130 valence electrons. The molecule has 1 aromatic carbocycles. The second-order valence-electron chi connectivity index (χ2n) is 4.39. The molecule has 16 heteroatoms. The molecule has 0 aliphatic heterocycles. The molecule has 0 saturated heterocycles. The van der Waals surface area contributed by atoms with E-state index < -0.39 is 59.8 Å². The van der Waals surface area contributed by atoms with Crippen LogP contribution < -0.4 is 11.5 Å². The first-order valence-corrected chi connectivity index (χ1v) is 5.96. The van der Waals surface area contributed by atoms with Crippen molar-refractivity contribution in [2.45, 2.75) is 0 Å². The topological polar surface area (TPSA) is 242 Å². The van der Waals surface area contributed by atoms with Gasteiger partial charge in [-0.3, -0.25) is 40.5 Å².